The molecule has 0 fully saturated rings. The van der Waals surface area contributed by atoms with Crippen LogP contribution in [0, 0.1) is 22.7 Å². The van der Waals surface area contributed by atoms with Crippen LogP contribution in [0.5, 0.6) is 5.75 Å². The van der Waals surface area contributed by atoms with Crippen molar-refractivity contribution in [1.29, 1.82) is 5.26 Å². The highest BCUT2D eigenvalue weighted by molar-refractivity contribution is 8.00. The summed E-state index contributed by atoms with van der Waals surface area (Å²) < 4.78 is 5.27. The Morgan fingerprint density at radius 2 is 2.17 bits per heavy atom. The molecule has 6 heteroatoms. The fourth-order valence-electron chi connectivity index (χ4n) is 3.86. The third-order valence-corrected chi connectivity index (χ3v) is 7.20. The molecule has 0 radical (unpaired) electrons. The van der Waals surface area contributed by atoms with Gasteiger partial charge >= 0.3 is 0 Å². The number of methoxy groups -OCH3 is 1. The van der Waals surface area contributed by atoms with Crippen molar-refractivity contribution in [2.24, 2.45) is 11.3 Å². The lowest BCUT2D eigenvalue weighted by atomic mass is 9.69. The quantitative estimate of drug-likeness (QED) is 0.617. The first-order chi connectivity index (χ1) is 14.4. The molecule has 1 aromatic carbocycles. The molecule has 1 heterocycles. The van der Waals surface area contributed by atoms with Gasteiger partial charge in [0.25, 0.3) is 0 Å². The van der Waals surface area contributed by atoms with Crippen LogP contribution in [0.4, 0.5) is 5.69 Å². The second kappa shape index (κ2) is 9.53. The van der Waals surface area contributed by atoms with Gasteiger partial charge in [0.05, 0.1) is 24.1 Å². The van der Waals surface area contributed by atoms with Gasteiger partial charge in [-0.05, 0) is 54.4 Å². The molecule has 0 saturated carbocycles. The number of hydrogen-bond donors (Lipinski definition) is 1. The average Bonchev–Trinajstić information content (AvgIpc) is 2.76. The van der Waals surface area contributed by atoms with Gasteiger partial charge in [-0.3, -0.25) is 4.79 Å². The maximum absolute atomic E-state index is 12.4. The van der Waals surface area contributed by atoms with E-state index >= 15 is 0 Å². The summed E-state index contributed by atoms with van der Waals surface area (Å²) >= 11 is 1.31. The normalized spacial score (nSPS) is 15.8. The minimum Gasteiger partial charge on any atom is -0.495 e. The number of aryl methyl sites for hydroxylation is 1. The third-order valence-electron chi connectivity index (χ3n) is 6.21. The molecule has 0 aliphatic heterocycles. The molecule has 1 aromatic heterocycles. The van der Waals surface area contributed by atoms with Gasteiger partial charge in [-0.1, -0.05) is 51.1 Å². The Balaban J connectivity index is 1.70. The zero-order chi connectivity index (χ0) is 21.7. The molecular formula is C24H29N3O2S. The maximum Gasteiger partial charge on any atom is 0.234 e. The van der Waals surface area contributed by atoms with Crippen molar-refractivity contribution in [3.8, 4) is 11.8 Å². The first-order valence-electron chi connectivity index (χ1n) is 10.4. The molecule has 1 aliphatic rings. The average molecular weight is 424 g/mol. The van der Waals surface area contributed by atoms with Crippen molar-refractivity contribution in [3.63, 3.8) is 0 Å². The smallest absolute Gasteiger partial charge is 0.234 e. The number of nitrogens with zero attached hydrogens (tertiary/aromatic N) is 2. The molecule has 30 heavy (non-hydrogen) atoms. The predicted octanol–water partition coefficient (Wildman–Crippen LogP) is 5.23. The summed E-state index contributed by atoms with van der Waals surface area (Å²) in [4.78, 5) is 17.2. The number of para-hydroxylation sites is 2. The van der Waals surface area contributed by atoms with Gasteiger partial charge < -0.3 is 10.1 Å². The number of amides is 1. The molecule has 1 N–H and O–H groups in total. The number of thioether (sulfide) groups is 1. The zero-order valence-electron chi connectivity index (χ0n) is 18.1. The molecule has 0 spiro atoms. The minimum absolute atomic E-state index is 0.155. The number of carbonyl (C=O) groups is 1. The van der Waals surface area contributed by atoms with Crippen molar-refractivity contribution < 1.29 is 9.53 Å². The lowest BCUT2D eigenvalue weighted by Crippen LogP contribution is -2.29. The maximum atomic E-state index is 12.4. The molecule has 158 valence electrons. The molecule has 3 rings (SSSR count). The second-order valence-electron chi connectivity index (χ2n) is 8.38. The van der Waals surface area contributed by atoms with E-state index in [1.807, 2.05) is 18.2 Å². The summed E-state index contributed by atoms with van der Waals surface area (Å²) in [5, 5.41) is 13.1. The number of aromatic nitrogens is 1. The summed E-state index contributed by atoms with van der Waals surface area (Å²) in [6, 6.07) is 11.6. The molecule has 1 atom stereocenters. The van der Waals surface area contributed by atoms with Gasteiger partial charge in [0.15, 0.2) is 0 Å². The van der Waals surface area contributed by atoms with Crippen LogP contribution in [0.2, 0.25) is 0 Å². The topological polar surface area (TPSA) is 75.0 Å². The van der Waals surface area contributed by atoms with E-state index in [1.54, 1.807) is 19.2 Å². The second-order valence-corrected chi connectivity index (χ2v) is 9.34. The van der Waals surface area contributed by atoms with Crippen LogP contribution in [-0.2, 0) is 17.6 Å². The lowest BCUT2D eigenvalue weighted by Gasteiger charge is -2.37. The predicted molar refractivity (Wildman–Crippen MR) is 121 cm³/mol. The Hall–Kier alpha value is -2.52. The standard InChI is InChI=1S/C24H29N3O2S/c1-5-24(2,3)18-10-11-19-16(13-18)12-17(14-25)23(27-19)30-15-22(28)26-20-8-6-7-9-21(20)29-4/h6-9,12,18H,5,10-11,13,15H2,1-4H3,(H,26,28). The summed E-state index contributed by atoms with van der Waals surface area (Å²) in [5.74, 6) is 1.25. The molecule has 0 bridgehead atoms. The third kappa shape index (κ3) is 4.96. The summed E-state index contributed by atoms with van der Waals surface area (Å²) in [6.07, 6.45) is 4.15. The lowest BCUT2D eigenvalue weighted by molar-refractivity contribution is -0.113. The molecular weight excluding hydrogens is 394 g/mol. The molecule has 1 unspecified atom stereocenters. The van der Waals surface area contributed by atoms with E-state index in [0.29, 0.717) is 27.9 Å². The van der Waals surface area contributed by atoms with Crippen LogP contribution in [-0.4, -0.2) is 23.8 Å². The first kappa shape index (κ1) is 22.2. The van der Waals surface area contributed by atoms with Crippen LogP contribution in [0.3, 0.4) is 0 Å². The summed E-state index contributed by atoms with van der Waals surface area (Å²) in [7, 11) is 1.57. The fraction of sp³-hybridized carbons (Fsp3) is 0.458. The molecule has 2 aromatic rings. The van der Waals surface area contributed by atoms with Gasteiger partial charge in [0.1, 0.15) is 16.8 Å². The SMILES string of the molecule is CCC(C)(C)C1CCc2nc(SCC(=O)Nc3ccccc3OC)c(C#N)cc2C1. The Bertz CT molecular complexity index is 965. The van der Waals surface area contributed by atoms with Gasteiger partial charge in [-0.15, -0.1) is 0 Å². The zero-order valence-corrected chi connectivity index (χ0v) is 18.9. The fourth-order valence-corrected chi connectivity index (χ4v) is 4.63. The van der Waals surface area contributed by atoms with E-state index in [0.717, 1.165) is 31.4 Å². The van der Waals surface area contributed by atoms with Gasteiger partial charge in [0, 0.05) is 5.69 Å². The van der Waals surface area contributed by atoms with Crippen molar-refractivity contribution in [2.45, 2.75) is 51.5 Å². The Morgan fingerprint density at radius 1 is 1.40 bits per heavy atom. The van der Waals surface area contributed by atoms with Crippen molar-refractivity contribution in [3.05, 3.63) is 47.2 Å². The number of carbonyl (C=O) groups excluding carboxylic acids is 1. The summed E-state index contributed by atoms with van der Waals surface area (Å²) in [6.45, 7) is 6.89. The van der Waals surface area contributed by atoms with Crippen LogP contribution in [0.15, 0.2) is 35.4 Å². The highest BCUT2D eigenvalue weighted by Gasteiger charge is 2.32. The number of pyridine rings is 1. The minimum atomic E-state index is -0.155. The monoisotopic (exact) mass is 423 g/mol. The van der Waals surface area contributed by atoms with E-state index in [-0.39, 0.29) is 17.1 Å². The van der Waals surface area contributed by atoms with Crippen LogP contribution >= 0.6 is 11.8 Å². The molecule has 5 nitrogen and oxygen atoms in total. The van der Waals surface area contributed by atoms with Crippen LogP contribution in [0.1, 0.15) is 50.4 Å². The number of anilines is 1. The van der Waals surface area contributed by atoms with Crippen molar-refractivity contribution in [1.82, 2.24) is 4.98 Å². The van der Waals surface area contributed by atoms with Crippen molar-refractivity contribution >= 4 is 23.4 Å². The highest BCUT2D eigenvalue weighted by Crippen LogP contribution is 2.40. The number of fused-ring (bicyclic) bond motifs is 1. The number of nitrogens with one attached hydrogen (secondary N) is 1. The number of hydrogen-bond acceptors (Lipinski definition) is 5. The molecule has 1 amide bonds. The van der Waals surface area contributed by atoms with E-state index in [4.69, 9.17) is 9.72 Å². The van der Waals surface area contributed by atoms with Crippen LogP contribution < -0.4 is 10.1 Å². The van der Waals surface area contributed by atoms with Gasteiger partial charge in [-0.2, -0.15) is 5.26 Å². The van der Waals surface area contributed by atoms with Gasteiger partial charge in [0.2, 0.25) is 5.91 Å². The van der Waals surface area contributed by atoms with E-state index < -0.39 is 0 Å². The van der Waals surface area contributed by atoms with E-state index in [9.17, 15) is 10.1 Å². The number of rotatable bonds is 7. The van der Waals surface area contributed by atoms with E-state index in [2.05, 4.69) is 32.2 Å². The Labute approximate surface area is 183 Å². The van der Waals surface area contributed by atoms with Crippen LogP contribution in [0.25, 0.3) is 0 Å². The number of benzene rings is 1. The van der Waals surface area contributed by atoms with E-state index in [1.165, 1.54) is 17.3 Å². The molecule has 0 saturated heterocycles. The largest absolute Gasteiger partial charge is 0.495 e. The Kier molecular flexibility index (Phi) is 7.04. The number of nitriles is 1. The van der Waals surface area contributed by atoms with Crippen molar-refractivity contribution in [2.75, 3.05) is 18.2 Å². The van der Waals surface area contributed by atoms with Gasteiger partial charge in [-0.25, -0.2) is 4.98 Å². The first-order valence-corrected chi connectivity index (χ1v) is 11.3. The molecule has 1 aliphatic carbocycles. The highest BCUT2D eigenvalue weighted by atomic mass is 32.2. The Morgan fingerprint density at radius 3 is 2.87 bits per heavy atom. The number of ether oxygens (including phenoxy) is 1. The summed E-state index contributed by atoms with van der Waals surface area (Å²) in [5.41, 5.74) is 3.74.